The van der Waals surface area contributed by atoms with Gasteiger partial charge in [0.1, 0.15) is 5.75 Å². The maximum Gasteiger partial charge on any atom is 0.323 e. The second-order valence-electron chi connectivity index (χ2n) is 6.92. The first-order valence-corrected chi connectivity index (χ1v) is 10.2. The van der Waals surface area contributed by atoms with Crippen molar-refractivity contribution in [2.24, 2.45) is 0 Å². The molecule has 0 bridgehead atoms. The van der Waals surface area contributed by atoms with Gasteiger partial charge in [0.05, 0.1) is 24.2 Å². The number of hydrogen-bond donors (Lipinski definition) is 2. The van der Waals surface area contributed by atoms with E-state index in [4.69, 9.17) is 21.1 Å². The van der Waals surface area contributed by atoms with Gasteiger partial charge in [-0.25, -0.2) is 9.48 Å². The zero-order valence-corrected chi connectivity index (χ0v) is 18.3. The highest BCUT2D eigenvalue weighted by atomic mass is 35.5. The normalized spacial score (nSPS) is 10.5. The molecule has 4 aromatic rings. The van der Waals surface area contributed by atoms with Crippen LogP contribution in [0.15, 0.2) is 78.9 Å². The monoisotopic (exact) mass is 448 g/mol. The maximum atomic E-state index is 12.5. The molecule has 0 unspecified atom stereocenters. The minimum Gasteiger partial charge on any atom is -0.497 e. The average molecular weight is 449 g/mol. The van der Waals surface area contributed by atoms with Crippen LogP contribution >= 0.6 is 11.6 Å². The number of methoxy groups -OCH3 is 1. The lowest BCUT2D eigenvalue weighted by Crippen LogP contribution is -2.19. The van der Waals surface area contributed by atoms with E-state index in [1.165, 1.54) is 0 Å². The van der Waals surface area contributed by atoms with Crippen molar-refractivity contribution in [1.82, 2.24) is 9.78 Å². The number of aryl methyl sites for hydroxylation is 1. The Morgan fingerprint density at radius 2 is 1.75 bits per heavy atom. The van der Waals surface area contributed by atoms with Gasteiger partial charge in [0.15, 0.2) is 5.75 Å². The predicted octanol–water partition coefficient (Wildman–Crippen LogP) is 6.28. The number of carbonyl (C=O) groups excluding carboxylic acids is 1. The Kier molecular flexibility index (Phi) is 6.28. The van der Waals surface area contributed by atoms with Gasteiger partial charge in [-0.3, -0.25) is 0 Å². The van der Waals surface area contributed by atoms with Crippen LogP contribution < -0.4 is 20.1 Å². The van der Waals surface area contributed by atoms with E-state index in [0.717, 1.165) is 11.4 Å². The summed E-state index contributed by atoms with van der Waals surface area (Å²) in [5, 5.41) is 10.7. The van der Waals surface area contributed by atoms with Crippen molar-refractivity contribution in [2.75, 3.05) is 17.7 Å². The maximum absolute atomic E-state index is 12.5. The summed E-state index contributed by atoms with van der Waals surface area (Å²) in [7, 11) is 1.59. The first-order chi connectivity index (χ1) is 15.5. The number of urea groups is 1. The Morgan fingerprint density at radius 3 is 2.50 bits per heavy atom. The number of anilines is 2. The SMILES string of the molecule is COc1ccc(NC(=O)Nc2ccccc2Oc2cc(C)nn2-c2cccc(Cl)c2)cc1. The van der Waals surface area contributed by atoms with Crippen LogP contribution in [0.25, 0.3) is 5.69 Å². The highest BCUT2D eigenvalue weighted by Gasteiger charge is 2.14. The van der Waals surface area contributed by atoms with Crippen LogP contribution in [0.2, 0.25) is 5.02 Å². The van der Waals surface area contributed by atoms with Crippen molar-refractivity contribution in [2.45, 2.75) is 6.92 Å². The van der Waals surface area contributed by atoms with Crippen molar-refractivity contribution < 1.29 is 14.3 Å². The highest BCUT2D eigenvalue weighted by molar-refractivity contribution is 6.30. The van der Waals surface area contributed by atoms with Gasteiger partial charge >= 0.3 is 6.03 Å². The summed E-state index contributed by atoms with van der Waals surface area (Å²) in [6.45, 7) is 1.88. The lowest BCUT2D eigenvalue weighted by Gasteiger charge is -2.14. The molecule has 162 valence electrons. The lowest BCUT2D eigenvalue weighted by molar-refractivity contribution is 0.262. The minimum atomic E-state index is -0.397. The standard InChI is InChI=1S/C24H21ClN4O3/c1-16-14-23(29(28-16)19-7-5-6-17(25)15-19)32-22-9-4-3-8-21(22)27-24(30)26-18-10-12-20(31-2)13-11-18/h3-15H,1-2H3,(H2,26,27,30). The van der Waals surface area contributed by atoms with Crippen molar-refractivity contribution >= 4 is 29.0 Å². The van der Waals surface area contributed by atoms with Gasteiger partial charge in [0, 0.05) is 16.8 Å². The zero-order valence-electron chi connectivity index (χ0n) is 17.5. The van der Waals surface area contributed by atoms with Gasteiger partial charge in [0.25, 0.3) is 0 Å². The van der Waals surface area contributed by atoms with Crippen molar-refractivity contribution in [3.05, 3.63) is 89.6 Å². The van der Waals surface area contributed by atoms with E-state index in [2.05, 4.69) is 15.7 Å². The van der Waals surface area contributed by atoms with Gasteiger partial charge in [-0.15, -0.1) is 0 Å². The molecule has 0 saturated carbocycles. The molecule has 0 aliphatic rings. The van der Waals surface area contributed by atoms with Crippen molar-refractivity contribution in [1.29, 1.82) is 0 Å². The molecule has 1 aromatic heterocycles. The summed E-state index contributed by atoms with van der Waals surface area (Å²) in [4.78, 5) is 12.5. The molecule has 1 heterocycles. The summed E-state index contributed by atoms with van der Waals surface area (Å²) < 4.78 is 12.9. The van der Waals surface area contributed by atoms with E-state index in [0.29, 0.717) is 33.8 Å². The summed E-state index contributed by atoms with van der Waals surface area (Å²) >= 11 is 6.14. The molecule has 0 radical (unpaired) electrons. The Morgan fingerprint density at radius 1 is 0.969 bits per heavy atom. The third-order valence-corrected chi connectivity index (χ3v) is 4.78. The molecule has 0 aliphatic carbocycles. The number of para-hydroxylation sites is 2. The van der Waals surface area contributed by atoms with Crippen LogP contribution in [0.5, 0.6) is 17.4 Å². The topological polar surface area (TPSA) is 77.4 Å². The highest BCUT2D eigenvalue weighted by Crippen LogP contribution is 2.31. The number of hydrogen-bond acceptors (Lipinski definition) is 4. The largest absolute Gasteiger partial charge is 0.497 e. The van der Waals surface area contributed by atoms with Crippen LogP contribution in [-0.2, 0) is 0 Å². The van der Waals surface area contributed by atoms with Crippen LogP contribution in [-0.4, -0.2) is 22.9 Å². The minimum absolute atomic E-state index is 0.397. The van der Waals surface area contributed by atoms with E-state index in [9.17, 15) is 4.79 Å². The molecule has 2 N–H and O–H groups in total. The lowest BCUT2D eigenvalue weighted by atomic mass is 10.3. The second kappa shape index (κ2) is 9.45. The number of halogens is 1. The summed E-state index contributed by atoms with van der Waals surface area (Å²) in [6, 6.07) is 23.0. The fourth-order valence-electron chi connectivity index (χ4n) is 3.07. The van der Waals surface area contributed by atoms with Gasteiger partial charge in [-0.2, -0.15) is 5.10 Å². The Balaban J connectivity index is 1.54. The first-order valence-electron chi connectivity index (χ1n) is 9.83. The summed E-state index contributed by atoms with van der Waals surface area (Å²) in [5.74, 6) is 1.68. The smallest absolute Gasteiger partial charge is 0.323 e. The fraction of sp³-hybridized carbons (Fsp3) is 0.0833. The average Bonchev–Trinajstić information content (AvgIpc) is 3.15. The molecule has 4 rings (SSSR count). The number of nitrogens with one attached hydrogen (secondary N) is 2. The fourth-order valence-corrected chi connectivity index (χ4v) is 3.26. The number of carbonyl (C=O) groups is 1. The number of ether oxygens (including phenoxy) is 2. The van der Waals surface area contributed by atoms with Crippen LogP contribution in [0.4, 0.5) is 16.2 Å². The molecule has 0 saturated heterocycles. The Hall–Kier alpha value is -3.97. The molecular weight excluding hydrogens is 428 g/mol. The zero-order chi connectivity index (χ0) is 22.5. The van der Waals surface area contributed by atoms with Crippen molar-refractivity contribution in [3.8, 4) is 23.1 Å². The van der Waals surface area contributed by atoms with Gasteiger partial charge in [-0.1, -0.05) is 29.8 Å². The number of rotatable bonds is 6. The summed E-state index contributed by atoms with van der Waals surface area (Å²) in [5.41, 5.74) is 2.69. The number of amides is 2. The summed E-state index contributed by atoms with van der Waals surface area (Å²) in [6.07, 6.45) is 0. The first kappa shape index (κ1) is 21.3. The van der Waals surface area contributed by atoms with Gasteiger partial charge in [-0.05, 0) is 61.5 Å². The Bertz CT molecular complexity index is 1240. The third kappa shape index (κ3) is 5.01. The molecule has 0 atom stereocenters. The number of benzene rings is 3. The number of aromatic nitrogens is 2. The van der Waals surface area contributed by atoms with Gasteiger partial charge in [0.2, 0.25) is 5.88 Å². The molecule has 0 aliphatic heterocycles. The van der Waals surface area contributed by atoms with E-state index in [-0.39, 0.29) is 0 Å². The van der Waals surface area contributed by atoms with Crippen LogP contribution in [0.3, 0.4) is 0 Å². The molecule has 32 heavy (non-hydrogen) atoms. The molecule has 2 amide bonds. The molecule has 8 heteroatoms. The van der Waals surface area contributed by atoms with E-state index in [1.807, 2.05) is 37.3 Å². The van der Waals surface area contributed by atoms with E-state index >= 15 is 0 Å². The van der Waals surface area contributed by atoms with Crippen molar-refractivity contribution in [3.63, 3.8) is 0 Å². The molecule has 0 fully saturated rings. The molecule has 0 spiro atoms. The quantitative estimate of drug-likeness (QED) is 0.364. The molecular formula is C24H21ClN4O3. The second-order valence-corrected chi connectivity index (χ2v) is 7.36. The third-order valence-electron chi connectivity index (χ3n) is 4.55. The van der Waals surface area contributed by atoms with E-state index < -0.39 is 6.03 Å². The van der Waals surface area contributed by atoms with Gasteiger partial charge < -0.3 is 20.1 Å². The molecule has 7 nitrogen and oxygen atoms in total. The number of nitrogens with zero attached hydrogens (tertiary/aromatic N) is 2. The van der Waals surface area contributed by atoms with E-state index in [1.54, 1.807) is 60.3 Å². The Labute approximate surface area is 190 Å². The predicted molar refractivity (Wildman–Crippen MR) is 125 cm³/mol. The van der Waals surface area contributed by atoms with Crippen LogP contribution in [0, 0.1) is 6.92 Å². The van der Waals surface area contributed by atoms with Crippen LogP contribution in [0.1, 0.15) is 5.69 Å². The molecule has 3 aromatic carbocycles.